The number of nitrogens with zero attached hydrogens (tertiary/aromatic N) is 1. The van der Waals surface area contributed by atoms with E-state index in [0.29, 0.717) is 5.84 Å². The first-order chi connectivity index (χ1) is 6.24. The summed E-state index contributed by atoms with van der Waals surface area (Å²) in [4.78, 5) is 4.76. The summed E-state index contributed by atoms with van der Waals surface area (Å²) in [5.41, 5.74) is 6.50. The maximum atomic E-state index is 5.58. The molecule has 0 heterocycles. The molecular weight excluding hydrogens is 180 g/mol. The van der Waals surface area contributed by atoms with Crippen LogP contribution in [0.25, 0.3) is 0 Å². The Bertz CT molecular complexity index is 282. The molecule has 0 aliphatic rings. The van der Waals surface area contributed by atoms with Gasteiger partial charge in [0.1, 0.15) is 5.84 Å². The van der Waals surface area contributed by atoms with Crippen LogP contribution < -0.4 is 5.73 Å². The third kappa shape index (κ3) is 3.99. The number of thiol groups is 1. The molecule has 0 aliphatic carbocycles. The molecule has 2 N–H and O–H groups in total. The highest BCUT2D eigenvalue weighted by atomic mass is 32.1. The molecule has 3 heteroatoms. The number of rotatable bonds is 1. The van der Waals surface area contributed by atoms with E-state index in [4.69, 9.17) is 5.73 Å². The molecule has 13 heavy (non-hydrogen) atoms. The van der Waals surface area contributed by atoms with Gasteiger partial charge in [-0.3, -0.25) is 4.99 Å². The van der Waals surface area contributed by atoms with Crippen LogP contribution in [0.5, 0.6) is 0 Å². The lowest BCUT2D eigenvalue weighted by atomic mass is 10.2. The first-order valence-corrected chi connectivity index (χ1v) is 4.70. The highest BCUT2D eigenvalue weighted by Gasteiger charge is 1.95. The molecule has 0 aromatic heterocycles. The number of nitrogens with two attached hydrogens (primary N) is 1. The third-order valence-corrected chi connectivity index (χ3v) is 1.66. The monoisotopic (exact) mass is 196 g/mol. The fourth-order valence-corrected chi connectivity index (χ4v) is 1.02. The summed E-state index contributed by atoms with van der Waals surface area (Å²) in [7, 11) is 1.67. The van der Waals surface area contributed by atoms with E-state index in [1.165, 1.54) is 0 Å². The molecule has 0 spiro atoms. The second-order valence-electron chi connectivity index (χ2n) is 2.16. The van der Waals surface area contributed by atoms with Crippen LogP contribution in [0.3, 0.4) is 0 Å². The fraction of sp³-hybridized carbons (Fsp3) is 0.300. The van der Waals surface area contributed by atoms with Crippen LogP contribution in [0, 0.1) is 0 Å². The van der Waals surface area contributed by atoms with Gasteiger partial charge in [0.25, 0.3) is 0 Å². The molecule has 0 aliphatic heterocycles. The second kappa shape index (κ2) is 6.54. The quantitative estimate of drug-likeness (QED) is 0.404. The Kier molecular flexibility index (Phi) is 6.06. The SMILES string of the molecule is CC.CN=C(N)c1cccc(S)c1. The average molecular weight is 196 g/mol. The second-order valence-corrected chi connectivity index (χ2v) is 2.68. The Morgan fingerprint density at radius 3 is 2.46 bits per heavy atom. The van der Waals surface area contributed by atoms with Gasteiger partial charge in [-0.15, -0.1) is 12.6 Å². The standard InChI is InChI=1S/C8H10N2S.C2H6/c1-10-8(9)6-3-2-4-7(11)5-6;1-2/h2-5,11H,1H3,(H2,9,10);1-2H3. The number of hydrogen-bond acceptors (Lipinski definition) is 2. The summed E-state index contributed by atoms with van der Waals surface area (Å²) in [6.07, 6.45) is 0. The van der Waals surface area contributed by atoms with Crippen molar-refractivity contribution < 1.29 is 0 Å². The van der Waals surface area contributed by atoms with Gasteiger partial charge in [-0.05, 0) is 12.1 Å². The van der Waals surface area contributed by atoms with E-state index in [1.807, 2.05) is 38.1 Å². The first-order valence-electron chi connectivity index (χ1n) is 4.25. The first kappa shape index (κ1) is 12.0. The molecule has 0 saturated heterocycles. The van der Waals surface area contributed by atoms with Gasteiger partial charge in [0, 0.05) is 17.5 Å². The normalized spacial score (nSPS) is 10.3. The molecule has 0 saturated carbocycles. The van der Waals surface area contributed by atoms with Crippen LogP contribution in [-0.4, -0.2) is 12.9 Å². The van der Waals surface area contributed by atoms with Crippen molar-refractivity contribution in [3.05, 3.63) is 29.8 Å². The van der Waals surface area contributed by atoms with Crippen molar-refractivity contribution in [2.24, 2.45) is 10.7 Å². The zero-order valence-electron chi connectivity index (χ0n) is 8.28. The Hall–Kier alpha value is -0.960. The summed E-state index contributed by atoms with van der Waals surface area (Å²) in [5.74, 6) is 0.543. The van der Waals surface area contributed by atoms with Crippen LogP contribution in [-0.2, 0) is 0 Å². The molecule has 0 amide bonds. The molecule has 1 rings (SSSR count). The molecule has 1 aromatic carbocycles. The maximum Gasteiger partial charge on any atom is 0.125 e. The summed E-state index contributed by atoms with van der Waals surface area (Å²) >= 11 is 4.18. The number of amidine groups is 1. The van der Waals surface area contributed by atoms with Gasteiger partial charge in [-0.25, -0.2) is 0 Å². The zero-order valence-corrected chi connectivity index (χ0v) is 9.18. The molecular formula is C10H16N2S. The van der Waals surface area contributed by atoms with Crippen LogP contribution in [0.2, 0.25) is 0 Å². The molecule has 72 valence electrons. The van der Waals surface area contributed by atoms with E-state index in [-0.39, 0.29) is 0 Å². The highest BCUT2D eigenvalue weighted by Crippen LogP contribution is 2.07. The lowest BCUT2D eigenvalue weighted by Crippen LogP contribution is -2.12. The van der Waals surface area contributed by atoms with E-state index >= 15 is 0 Å². The van der Waals surface area contributed by atoms with Gasteiger partial charge in [-0.2, -0.15) is 0 Å². The lowest BCUT2D eigenvalue weighted by molar-refractivity contribution is 1.37. The average Bonchev–Trinajstić information content (AvgIpc) is 2.20. The Balaban J connectivity index is 0.000000671. The summed E-state index contributed by atoms with van der Waals surface area (Å²) in [6.45, 7) is 4.00. The van der Waals surface area contributed by atoms with Crippen molar-refractivity contribution in [2.75, 3.05) is 7.05 Å². The Morgan fingerprint density at radius 1 is 1.38 bits per heavy atom. The zero-order chi connectivity index (χ0) is 10.3. The minimum atomic E-state index is 0.543. The predicted octanol–water partition coefficient (Wildman–Crippen LogP) is 2.34. The number of aliphatic imine (C=N–C) groups is 1. The molecule has 0 unspecified atom stereocenters. The number of hydrogen-bond donors (Lipinski definition) is 2. The fourth-order valence-electron chi connectivity index (χ4n) is 0.794. The topological polar surface area (TPSA) is 38.4 Å². The van der Waals surface area contributed by atoms with E-state index in [0.717, 1.165) is 10.5 Å². The van der Waals surface area contributed by atoms with Gasteiger partial charge in [-0.1, -0.05) is 26.0 Å². The summed E-state index contributed by atoms with van der Waals surface area (Å²) < 4.78 is 0. The summed E-state index contributed by atoms with van der Waals surface area (Å²) in [5, 5.41) is 0. The number of benzene rings is 1. The highest BCUT2D eigenvalue weighted by molar-refractivity contribution is 7.80. The predicted molar refractivity (Wildman–Crippen MR) is 61.7 cm³/mol. The Labute approximate surface area is 85.3 Å². The third-order valence-electron chi connectivity index (χ3n) is 1.38. The minimum Gasteiger partial charge on any atom is -0.384 e. The molecule has 2 nitrogen and oxygen atoms in total. The van der Waals surface area contributed by atoms with Crippen molar-refractivity contribution in [2.45, 2.75) is 18.7 Å². The van der Waals surface area contributed by atoms with Crippen molar-refractivity contribution in [3.8, 4) is 0 Å². The van der Waals surface area contributed by atoms with Crippen LogP contribution in [0.4, 0.5) is 0 Å². The van der Waals surface area contributed by atoms with Crippen molar-refractivity contribution in [3.63, 3.8) is 0 Å². The van der Waals surface area contributed by atoms with E-state index in [2.05, 4.69) is 17.6 Å². The summed E-state index contributed by atoms with van der Waals surface area (Å²) in [6, 6.07) is 7.58. The Morgan fingerprint density at radius 2 is 2.00 bits per heavy atom. The van der Waals surface area contributed by atoms with Crippen molar-refractivity contribution >= 4 is 18.5 Å². The van der Waals surface area contributed by atoms with Crippen LogP contribution in [0.15, 0.2) is 34.2 Å². The molecule has 0 fully saturated rings. The smallest absolute Gasteiger partial charge is 0.125 e. The minimum absolute atomic E-state index is 0.543. The van der Waals surface area contributed by atoms with E-state index in [1.54, 1.807) is 7.05 Å². The van der Waals surface area contributed by atoms with Gasteiger partial charge in [0.05, 0.1) is 0 Å². The van der Waals surface area contributed by atoms with Gasteiger partial charge in [0.2, 0.25) is 0 Å². The lowest BCUT2D eigenvalue weighted by Gasteiger charge is -1.98. The molecule has 0 radical (unpaired) electrons. The van der Waals surface area contributed by atoms with Gasteiger partial charge >= 0.3 is 0 Å². The van der Waals surface area contributed by atoms with E-state index in [9.17, 15) is 0 Å². The largest absolute Gasteiger partial charge is 0.384 e. The maximum absolute atomic E-state index is 5.58. The molecule has 0 bridgehead atoms. The van der Waals surface area contributed by atoms with Crippen LogP contribution >= 0.6 is 12.6 Å². The van der Waals surface area contributed by atoms with Crippen molar-refractivity contribution in [1.29, 1.82) is 0 Å². The molecule has 0 atom stereocenters. The van der Waals surface area contributed by atoms with Gasteiger partial charge in [0.15, 0.2) is 0 Å². The van der Waals surface area contributed by atoms with E-state index < -0.39 is 0 Å². The van der Waals surface area contributed by atoms with Crippen molar-refractivity contribution in [1.82, 2.24) is 0 Å². The van der Waals surface area contributed by atoms with Crippen LogP contribution in [0.1, 0.15) is 19.4 Å². The molecule has 1 aromatic rings. The van der Waals surface area contributed by atoms with Gasteiger partial charge < -0.3 is 5.73 Å².